The molecule has 1 heterocycles. The first-order valence-corrected chi connectivity index (χ1v) is 10.2. The predicted molar refractivity (Wildman–Crippen MR) is 114 cm³/mol. The van der Waals surface area contributed by atoms with Crippen molar-refractivity contribution in [3.63, 3.8) is 0 Å². The van der Waals surface area contributed by atoms with Gasteiger partial charge in [0.25, 0.3) is 0 Å². The monoisotopic (exact) mass is 377 g/mol. The predicted octanol–water partition coefficient (Wildman–Crippen LogP) is 5.61. The highest BCUT2D eigenvalue weighted by Gasteiger charge is 2.22. The van der Waals surface area contributed by atoms with Crippen LogP contribution in [0.25, 0.3) is 0 Å². The highest BCUT2D eigenvalue weighted by molar-refractivity contribution is 5.51. The second-order valence-electron chi connectivity index (χ2n) is 7.86. The van der Waals surface area contributed by atoms with E-state index in [1.165, 1.54) is 54.4 Å². The third kappa shape index (κ3) is 4.39. The van der Waals surface area contributed by atoms with E-state index >= 15 is 0 Å². The summed E-state index contributed by atoms with van der Waals surface area (Å²) in [5.74, 6) is 4.15. The van der Waals surface area contributed by atoms with E-state index in [0.717, 1.165) is 29.1 Å². The summed E-state index contributed by atoms with van der Waals surface area (Å²) in [6.45, 7) is 6.67. The van der Waals surface area contributed by atoms with Gasteiger partial charge in [0.2, 0.25) is 0 Å². The van der Waals surface area contributed by atoms with Gasteiger partial charge in [0.1, 0.15) is 5.75 Å². The molecule has 0 amide bonds. The topological polar surface area (TPSA) is 31.4 Å². The summed E-state index contributed by atoms with van der Waals surface area (Å²) < 4.78 is 10.9. The molecule has 1 aliphatic carbocycles. The number of rotatable bonds is 6. The number of pyridine rings is 1. The van der Waals surface area contributed by atoms with Gasteiger partial charge in [-0.1, -0.05) is 25.2 Å². The zero-order chi connectivity index (χ0) is 20.1. The highest BCUT2D eigenvalue weighted by atomic mass is 16.7. The van der Waals surface area contributed by atoms with Crippen LogP contribution in [0.3, 0.4) is 0 Å². The van der Waals surface area contributed by atoms with Crippen LogP contribution >= 0.6 is 0 Å². The van der Waals surface area contributed by atoms with Crippen molar-refractivity contribution in [2.45, 2.75) is 65.2 Å². The Morgan fingerprint density at radius 2 is 1.86 bits per heavy atom. The van der Waals surface area contributed by atoms with E-state index in [9.17, 15) is 0 Å². The van der Waals surface area contributed by atoms with Crippen molar-refractivity contribution in [1.82, 2.24) is 4.98 Å². The van der Waals surface area contributed by atoms with E-state index in [-0.39, 0.29) is 6.79 Å². The molecular formula is C25H31NO2. The number of aryl methyl sites for hydroxylation is 1. The van der Waals surface area contributed by atoms with Gasteiger partial charge in [-0.3, -0.25) is 4.98 Å². The van der Waals surface area contributed by atoms with Crippen LogP contribution in [0.4, 0.5) is 0 Å². The Morgan fingerprint density at radius 3 is 2.54 bits per heavy atom. The van der Waals surface area contributed by atoms with E-state index in [4.69, 9.17) is 20.9 Å². The molecule has 1 aromatic carbocycles. The minimum Gasteiger partial charge on any atom is -0.466 e. The molecule has 0 unspecified atom stereocenters. The minimum absolute atomic E-state index is 0.256. The second-order valence-corrected chi connectivity index (χ2v) is 7.86. The summed E-state index contributed by atoms with van der Waals surface area (Å²) in [6.07, 6.45) is 12.7. The van der Waals surface area contributed by atoms with Crippen LogP contribution in [-0.2, 0) is 11.2 Å². The lowest BCUT2D eigenvalue weighted by molar-refractivity contribution is 0.0496. The first kappa shape index (κ1) is 20.4. The third-order valence-corrected chi connectivity index (χ3v) is 6.04. The molecule has 0 atom stereocenters. The van der Waals surface area contributed by atoms with Crippen molar-refractivity contribution in [3.8, 4) is 18.1 Å². The Hall–Kier alpha value is -2.31. The normalized spacial score (nSPS) is 14.7. The smallest absolute Gasteiger partial charge is 0.188 e. The molecule has 0 saturated heterocycles. The number of hydrogen-bond acceptors (Lipinski definition) is 3. The maximum atomic E-state index is 5.83. The number of methoxy groups -OCH3 is 1. The lowest BCUT2D eigenvalue weighted by atomic mass is 9.86. The molecule has 1 aliphatic rings. The fourth-order valence-corrected chi connectivity index (χ4v) is 4.25. The number of aromatic nitrogens is 1. The molecule has 1 fully saturated rings. The average molecular weight is 378 g/mol. The van der Waals surface area contributed by atoms with Gasteiger partial charge >= 0.3 is 0 Å². The van der Waals surface area contributed by atoms with Crippen LogP contribution in [0.15, 0.2) is 18.2 Å². The molecule has 3 nitrogen and oxygen atoms in total. The van der Waals surface area contributed by atoms with E-state index < -0.39 is 0 Å². The number of terminal acetylenes is 1. The van der Waals surface area contributed by atoms with Gasteiger partial charge in [-0.15, -0.1) is 6.42 Å². The fourth-order valence-electron chi connectivity index (χ4n) is 4.25. The van der Waals surface area contributed by atoms with Crippen LogP contribution in [0.2, 0.25) is 0 Å². The van der Waals surface area contributed by atoms with Crippen molar-refractivity contribution in [3.05, 3.63) is 57.4 Å². The molecule has 1 aromatic heterocycles. The first-order chi connectivity index (χ1) is 13.5. The largest absolute Gasteiger partial charge is 0.466 e. The molecule has 3 rings (SSSR count). The van der Waals surface area contributed by atoms with Gasteiger partial charge in [-0.25, -0.2) is 0 Å². The molecule has 148 valence electrons. The van der Waals surface area contributed by atoms with E-state index in [1.54, 1.807) is 7.11 Å². The summed E-state index contributed by atoms with van der Waals surface area (Å²) in [4.78, 5) is 5.08. The van der Waals surface area contributed by atoms with Gasteiger partial charge in [0.05, 0.1) is 5.69 Å². The molecule has 0 radical (unpaired) electrons. The van der Waals surface area contributed by atoms with E-state index in [0.29, 0.717) is 5.92 Å². The van der Waals surface area contributed by atoms with Crippen molar-refractivity contribution >= 4 is 0 Å². The van der Waals surface area contributed by atoms with Crippen LogP contribution in [-0.4, -0.2) is 18.9 Å². The van der Waals surface area contributed by atoms with Crippen LogP contribution in [0.1, 0.15) is 77.2 Å². The lowest BCUT2D eigenvalue weighted by Gasteiger charge is -2.24. The van der Waals surface area contributed by atoms with Crippen LogP contribution in [0.5, 0.6) is 5.75 Å². The van der Waals surface area contributed by atoms with Gasteiger partial charge in [-0.2, -0.15) is 0 Å². The minimum atomic E-state index is 0.256. The highest BCUT2D eigenvalue weighted by Crippen LogP contribution is 2.37. The second kappa shape index (κ2) is 9.26. The van der Waals surface area contributed by atoms with Crippen molar-refractivity contribution in [2.75, 3.05) is 13.9 Å². The van der Waals surface area contributed by atoms with Gasteiger partial charge in [0, 0.05) is 30.7 Å². The maximum absolute atomic E-state index is 5.83. The van der Waals surface area contributed by atoms with Gasteiger partial charge in [-0.05, 0) is 74.1 Å². The van der Waals surface area contributed by atoms with Crippen LogP contribution in [0, 0.1) is 33.1 Å². The SMILES string of the molecule is C#Cc1cc(C)c(Cc2ccc(OCOC)c(C3CCCCC3)n2)c(C)c1C. The number of hydrogen-bond donors (Lipinski definition) is 0. The van der Waals surface area contributed by atoms with Gasteiger partial charge < -0.3 is 9.47 Å². The van der Waals surface area contributed by atoms with Gasteiger partial charge in [0.15, 0.2) is 6.79 Å². The Morgan fingerprint density at radius 1 is 1.11 bits per heavy atom. The summed E-state index contributed by atoms with van der Waals surface area (Å²) in [6, 6.07) is 6.27. The number of ether oxygens (including phenoxy) is 2. The average Bonchev–Trinajstić information content (AvgIpc) is 2.73. The zero-order valence-electron chi connectivity index (χ0n) is 17.6. The van der Waals surface area contributed by atoms with E-state index in [2.05, 4.69) is 44.9 Å². The molecule has 0 aliphatic heterocycles. The summed E-state index contributed by atoms with van der Waals surface area (Å²) in [5.41, 5.74) is 8.19. The summed E-state index contributed by atoms with van der Waals surface area (Å²) in [5, 5.41) is 0. The quantitative estimate of drug-likeness (QED) is 0.484. The van der Waals surface area contributed by atoms with Crippen LogP contribution < -0.4 is 4.74 Å². The summed E-state index contributed by atoms with van der Waals surface area (Å²) in [7, 11) is 1.65. The molecule has 0 N–H and O–H groups in total. The third-order valence-electron chi connectivity index (χ3n) is 6.04. The molecule has 1 saturated carbocycles. The standard InChI is InChI=1S/C25H31NO2/c1-6-20-14-17(2)23(19(4)18(20)3)15-22-12-13-24(28-16-27-5)25(26-22)21-10-8-7-9-11-21/h1,12-14,21H,7-11,15-16H2,2-5H3. The Kier molecular flexibility index (Phi) is 6.75. The molecular weight excluding hydrogens is 346 g/mol. The van der Waals surface area contributed by atoms with E-state index in [1.807, 2.05) is 0 Å². The molecule has 2 aromatic rings. The van der Waals surface area contributed by atoms with Crippen molar-refractivity contribution in [1.29, 1.82) is 0 Å². The lowest BCUT2D eigenvalue weighted by Crippen LogP contribution is -2.12. The summed E-state index contributed by atoms with van der Waals surface area (Å²) >= 11 is 0. The maximum Gasteiger partial charge on any atom is 0.188 e. The first-order valence-electron chi connectivity index (χ1n) is 10.2. The Labute approximate surface area is 169 Å². The number of benzene rings is 1. The Bertz CT molecular complexity index is 873. The molecule has 3 heteroatoms. The van der Waals surface area contributed by atoms with Crippen molar-refractivity contribution in [2.24, 2.45) is 0 Å². The molecule has 28 heavy (non-hydrogen) atoms. The fraction of sp³-hybridized carbons (Fsp3) is 0.480. The molecule has 0 bridgehead atoms. The Balaban J connectivity index is 1.95. The molecule has 0 spiro atoms. The number of nitrogens with zero attached hydrogens (tertiary/aromatic N) is 1. The zero-order valence-corrected chi connectivity index (χ0v) is 17.6. The van der Waals surface area contributed by atoms with Crippen molar-refractivity contribution < 1.29 is 9.47 Å².